The molecule has 0 fully saturated rings. The minimum Gasteiger partial charge on any atom is -0.352 e. The van der Waals surface area contributed by atoms with Crippen LogP contribution in [0.15, 0.2) is 53.3 Å². The SMILES string of the molecule is CC(=O)O/N=C1/C(=C2/C(=O)Nc3c(I)cccc32)Nc2ccccc21. The Morgan fingerprint density at radius 3 is 2.64 bits per heavy atom. The molecule has 0 bridgehead atoms. The molecule has 7 heteroatoms. The predicted molar refractivity (Wildman–Crippen MR) is 103 cm³/mol. The minimum atomic E-state index is -0.521. The molecule has 0 saturated carbocycles. The maximum Gasteiger partial charge on any atom is 0.332 e. The molecule has 0 spiro atoms. The van der Waals surface area contributed by atoms with E-state index in [-0.39, 0.29) is 5.91 Å². The molecule has 2 aliphatic rings. The summed E-state index contributed by atoms with van der Waals surface area (Å²) in [7, 11) is 0. The number of hydrogen-bond acceptors (Lipinski definition) is 5. The monoisotopic (exact) mass is 445 g/mol. The molecule has 2 N–H and O–H groups in total. The summed E-state index contributed by atoms with van der Waals surface area (Å²) in [5.41, 5.74) is 4.60. The molecular formula is C18H12IN3O3. The molecule has 0 unspecified atom stereocenters. The number of nitrogens with zero attached hydrogens (tertiary/aromatic N) is 1. The highest BCUT2D eigenvalue weighted by Gasteiger charge is 2.35. The summed E-state index contributed by atoms with van der Waals surface area (Å²) in [6.07, 6.45) is 0. The fraction of sp³-hybridized carbons (Fsp3) is 0.0556. The molecule has 2 heterocycles. The number of nitrogens with one attached hydrogen (secondary N) is 2. The first-order chi connectivity index (χ1) is 12.1. The average molecular weight is 445 g/mol. The van der Waals surface area contributed by atoms with Crippen molar-refractivity contribution >= 4 is 57.1 Å². The van der Waals surface area contributed by atoms with Gasteiger partial charge < -0.3 is 15.5 Å². The molecule has 2 aliphatic heterocycles. The van der Waals surface area contributed by atoms with Crippen LogP contribution in [0.4, 0.5) is 11.4 Å². The van der Waals surface area contributed by atoms with Crippen molar-refractivity contribution in [1.82, 2.24) is 0 Å². The van der Waals surface area contributed by atoms with Crippen LogP contribution in [0.25, 0.3) is 5.57 Å². The van der Waals surface area contributed by atoms with Gasteiger partial charge in [0.1, 0.15) is 5.71 Å². The van der Waals surface area contributed by atoms with E-state index in [2.05, 4.69) is 38.4 Å². The maximum atomic E-state index is 12.6. The van der Waals surface area contributed by atoms with Crippen molar-refractivity contribution in [2.24, 2.45) is 5.16 Å². The highest BCUT2D eigenvalue weighted by molar-refractivity contribution is 14.1. The lowest BCUT2D eigenvalue weighted by molar-refractivity contribution is -0.140. The molecule has 0 atom stereocenters. The standard InChI is InChI=1S/C18H12IN3O3/c1-9(23)25-22-16-10-5-2-3-8-13(10)20-17(16)14-11-6-4-7-12(19)15(11)21-18(14)24/h2-8,20H,1H3,(H,21,24)/b17-14-,22-16+. The second-order valence-corrected chi connectivity index (χ2v) is 6.72. The van der Waals surface area contributed by atoms with E-state index >= 15 is 0 Å². The van der Waals surface area contributed by atoms with Gasteiger partial charge in [-0.05, 0) is 34.7 Å². The number of hydrogen-bond donors (Lipinski definition) is 2. The van der Waals surface area contributed by atoms with Crippen LogP contribution in [0.2, 0.25) is 0 Å². The number of carbonyl (C=O) groups excluding carboxylic acids is 2. The van der Waals surface area contributed by atoms with Gasteiger partial charge in [-0.3, -0.25) is 4.79 Å². The van der Waals surface area contributed by atoms with E-state index in [1.54, 1.807) is 0 Å². The van der Waals surface area contributed by atoms with E-state index in [9.17, 15) is 9.59 Å². The maximum absolute atomic E-state index is 12.6. The minimum absolute atomic E-state index is 0.218. The molecule has 6 nitrogen and oxygen atoms in total. The molecule has 2 aromatic carbocycles. The third-order valence-electron chi connectivity index (χ3n) is 3.94. The Bertz CT molecular complexity index is 995. The first-order valence-corrected chi connectivity index (χ1v) is 8.61. The van der Waals surface area contributed by atoms with Crippen LogP contribution in [0.5, 0.6) is 0 Å². The van der Waals surface area contributed by atoms with Crippen molar-refractivity contribution in [2.75, 3.05) is 10.6 Å². The van der Waals surface area contributed by atoms with Gasteiger partial charge in [-0.1, -0.05) is 35.5 Å². The summed E-state index contributed by atoms with van der Waals surface area (Å²) in [5.74, 6) is -0.739. The Labute approximate surface area is 157 Å². The number of para-hydroxylation sites is 2. The lowest BCUT2D eigenvalue weighted by Crippen LogP contribution is -2.13. The Morgan fingerprint density at radius 1 is 1.08 bits per heavy atom. The molecule has 0 aliphatic carbocycles. The van der Waals surface area contributed by atoms with Gasteiger partial charge in [0, 0.05) is 27.3 Å². The van der Waals surface area contributed by atoms with Gasteiger partial charge in [-0.2, -0.15) is 0 Å². The molecule has 2 aromatic rings. The van der Waals surface area contributed by atoms with E-state index in [0.29, 0.717) is 17.0 Å². The zero-order chi connectivity index (χ0) is 17.6. The molecule has 25 heavy (non-hydrogen) atoms. The number of anilines is 2. The zero-order valence-electron chi connectivity index (χ0n) is 13.1. The quantitative estimate of drug-likeness (QED) is 0.306. The van der Waals surface area contributed by atoms with E-state index in [1.165, 1.54) is 6.92 Å². The second kappa shape index (κ2) is 5.99. The fourth-order valence-electron chi connectivity index (χ4n) is 2.92. The van der Waals surface area contributed by atoms with Crippen molar-refractivity contribution in [1.29, 1.82) is 0 Å². The lowest BCUT2D eigenvalue weighted by Gasteiger charge is -2.06. The normalized spacial score (nSPS) is 19.3. The van der Waals surface area contributed by atoms with Gasteiger partial charge >= 0.3 is 5.97 Å². The summed E-state index contributed by atoms with van der Waals surface area (Å²) in [6, 6.07) is 13.2. The van der Waals surface area contributed by atoms with Crippen molar-refractivity contribution in [3.05, 3.63) is 62.9 Å². The molecule has 1 amide bonds. The van der Waals surface area contributed by atoms with E-state index in [4.69, 9.17) is 4.84 Å². The second-order valence-electron chi connectivity index (χ2n) is 5.56. The van der Waals surface area contributed by atoms with Gasteiger partial charge in [-0.15, -0.1) is 0 Å². The van der Waals surface area contributed by atoms with E-state index in [0.717, 1.165) is 26.1 Å². The molecule has 0 aromatic heterocycles. The van der Waals surface area contributed by atoms with Crippen molar-refractivity contribution in [3.8, 4) is 0 Å². The number of oxime groups is 1. The summed E-state index contributed by atoms with van der Waals surface area (Å²) < 4.78 is 0.952. The van der Waals surface area contributed by atoms with E-state index < -0.39 is 5.97 Å². The average Bonchev–Trinajstić information content (AvgIpc) is 3.10. The van der Waals surface area contributed by atoms with Crippen LogP contribution < -0.4 is 10.6 Å². The van der Waals surface area contributed by atoms with Crippen LogP contribution in [0.3, 0.4) is 0 Å². The first-order valence-electron chi connectivity index (χ1n) is 7.53. The summed E-state index contributed by atoms with van der Waals surface area (Å²) in [4.78, 5) is 28.7. The third kappa shape index (κ3) is 2.60. The Morgan fingerprint density at radius 2 is 1.84 bits per heavy atom. The van der Waals surface area contributed by atoms with Gasteiger partial charge in [0.15, 0.2) is 0 Å². The predicted octanol–water partition coefficient (Wildman–Crippen LogP) is 3.35. The number of carbonyl (C=O) groups is 2. The zero-order valence-corrected chi connectivity index (χ0v) is 15.2. The van der Waals surface area contributed by atoms with Crippen LogP contribution in [0.1, 0.15) is 18.1 Å². The summed E-state index contributed by atoms with van der Waals surface area (Å²) >= 11 is 2.18. The van der Waals surface area contributed by atoms with Crippen molar-refractivity contribution in [2.45, 2.75) is 6.92 Å². The largest absolute Gasteiger partial charge is 0.352 e. The smallest absolute Gasteiger partial charge is 0.332 e. The highest BCUT2D eigenvalue weighted by atomic mass is 127. The number of halogens is 1. The van der Waals surface area contributed by atoms with Gasteiger partial charge in [-0.25, -0.2) is 4.79 Å². The van der Waals surface area contributed by atoms with Gasteiger partial charge in [0.2, 0.25) is 0 Å². The summed E-state index contributed by atoms with van der Waals surface area (Å²) in [5, 5.41) is 10.1. The van der Waals surface area contributed by atoms with Crippen LogP contribution >= 0.6 is 22.6 Å². The highest BCUT2D eigenvalue weighted by Crippen LogP contribution is 2.40. The number of benzene rings is 2. The lowest BCUT2D eigenvalue weighted by atomic mass is 10.0. The Kier molecular flexibility index (Phi) is 3.79. The topological polar surface area (TPSA) is 79.8 Å². The number of amides is 1. The molecule has 4 rings (SSSR count). The van der Waals surface area contributed by atoms with Crippen LogP contribution in [-0.4, -0.2) is 17.6 Å². The molecule has 124 valence electrons. The summed E-state index contributed by atoms with van der Waals surface area (Å²) in [6.45, 7) is 1.28. The number of rotatable bonds is 1. The molecule has 0 saturated heterocycles. The van der Waals surface area contributed by atoms with Gasteiger partial charge in [0.25, 0.3) is 5.91 Å². The van der Waals surface area contributed by atoms with Crippen LogP contribution in [0, 0.1) is 3.57 Å². The van der Waals surface area contributed by atoms with Crippen molar-refractivity contribution in [3.63, 3.8) is 0 Å². The van der Waals surface area contributed by atoms with Gasteiger partial charge in [0.05, 0.1) is 17.0 Å². The molecule has 0 radical (unpaired) electrons. The number of fused-ring (bicyclic) bond motifs is 2. The third-order valence-corrected chi connectivity index (χ3v) is 4.84. The Balaban J connectivity index is 1.94. The number of allylic oxidation sites excluding steroid dienone is 1. The van der Waals surface area contributed by atoms with Crippen LogP contribution in [-0.2, 0) is 14.4 Å². The molecular weight excluding hydrogens is 433 g/mol. The Hall–Kier alpha value is -2.68. The fourth-order valence-corrected chi connectivity index (χ4v) is 3.55. The first kappa shape index (κ1) is 15.8. The van der Waals surface area contributed by atoms with Crippen molar-refractivity contribution < 1.29 is 14.4 Å². The van der Waals surface area contributed by atoms with E-state index in [1.807, 2.05) is 42.5 Å².